The van der Waals surface area contributed by atoms with Gasteiger partial charge in [0.1, 0.15) is 5.70 Å². The lowest BCUT2D eigenvalue weighted by atomic mass is 10.2. The molecule has 3 aromatic heterocycles. The summed E-state index contributed by atoms with van der Waals surface area (Å²) in [6.45, 7) is 0.402. The van der Waals surface area contributed by atoms with Gasteiger partial charge in [-0.05, 0) is 30.3 Å². The fourth-order valence-electron chi connectivity index (χ4n) is 2.17. The highest BCUT2D eigenvalue weighted by molar-refractivity contribution is 6.04. The van der Waals surface area contributed by atoms with Crippen LogP contribution in [0.25, 0.3) is 6.08 Å². The van der Waals surface area contributed by atoms with Crippen molar-refractivity contribution in [1.29, 1.82) is 0 Å². The van der Waals surface area contributed by atoms with E-state index in [0.29, 0.717) is 18.7 Å². The van der Waals surface area contributed by atoms with E-state index < -0.39 is 11.8 Å². The van der Waals surface area contributed by atoms with Gasteiger partial charge in [0.2, 0.25) is 0 Å². The predicted molar refractivity (Wildman–Crippen MR) is 90.2 cm³/mol. The summed E-state index contributed by atoms with van der Waals surface area (Å²) in [5, 5.41) is 5.35. The van der Waals surface area contributed by atoms with Crippen LogP contribution >= 0.6 is 0 Å². The molecule has 0 saturated heterocycles. The van der Waals surface area contributed by atoms with Gasteiger partial charge in [-0.25, -0.2) is 4.98 Å². The van der Waals surface area contributed by atoms with Crippen molar-refractivity contribution in [3.05, 3.63) is 72.1 Å². The molecule has 0 radical (unpaired) electrons. The van der Waals surface area contributed by atoms with E-state index in [1.165, 1.54) is 12.3 Å². The summed E-state index contributed by atoms with van der Waals surface area (Å²) in [4.78, 5) is 34.4. The van der Waals surface area contributed by atoms with Crippen LogP contribution in [0.4, 0.5) is 0 Å². The minimum Gasteiger partial charge on any atom is -0.459 e. The second kappa shape index (κ2) is 7.82. The van der Waals surface area contributed by atoms with Crippen LogP contribution in [0, 0.1) is 0 Å². The lowest BCUT2D eigenvalue weighted by Gasteiger charge is -2.09. The van der Waals surface area contributed by atoms with Crippen LogP contribution in [0.15, 0.2) is 59.4 Å². The molecule has 8 heteroatoms. The lowest BCUT2D eigenvalue weighted by Crippen LogP contribution is -2.35. The quantitative estimate of drug-likeness (QED) is 0.488. The molecule has 25 heavy (non-hydrogen) atoms. The van der Waals surface area contributed by atoms with Crippen LogP contribution in [-0.4, -0.2) is 33.3 Å². The van der Waals surface area contributed by atoms with Crippen molar-refractivity contribution in [3.8, 4) is 0 Å². The van der Waals surface area contributed by atoms with Crippen molar-refractivity contribution in [1.82, 2.24) is 25.6 Å². The maximum atomic E-state index is 12.4. The molecule has 0 aliphatic carbocycles. The van der Waals surface area contributed by atoms with Gasteiger partial charge in [0.25, 0.3) is 11.8 Å². The normalized spacial score (nSPS) is 11.3. The Hall–Kier alpha value is -3.55. The Bertz CT molecular complexity index is 833. The third kappa shape index (κ3) is 4.47. The summed E-state index contributed by atoms with van der Waals surface area (Å²) in [6, 6.07) is 6.72. The number of hydrogen-bond acceptors (Lipinski definition) is 4. The number of carbonyl (C=O) groups is 2. The fourth-order valence-corrected chi connectivity index (χ4v) is 2.17. The number of amides is 2. The zero-order chi connectivity index (χ0) is 17.5. The van der Waals surface area contributed by atoms with Crippen molar-refractivity contribution in [2.75, 3.05) is 6.54 Å². The van der Waals surface area contributed by atoms with Crippen LogP contribution in [0.5, 0.6) is 0 Å². The Balaban J connectivity index is 1.67. The summed E-state index contributed by atoms with van der Waals surface area (Å²) in [6.07, 6.45) is 8.57. The zero-order valence-corrected chi connectivity index (χ0v) is 13.3. The van der Waals surface area contributed by atoms with E-state index in [4.69, 9.17) is 4.42 Å². The van der Waals surface area contributed by atoms with E-state index in [-0.39, 0.29) is 11.5 Å². The number of H-pyrrole nitrogens is 2. The average Bonchev–Trinajstić information content (AvgIpc) is 3.36. The van der Waals surface area contributed by atoms with E-state index in [1.807, 2.05) is 0 Å². The summed E-state index contributed by atoms with van der Waals surface area (Å²) < 4.78 is 5.05. The van der Waals surface area contributed by atoms with Crippen LogP contribution in [0.2, 0.25) is 0 Å². The van der Waals surface area contributed by atoms with Crippen molar-refractivity contribution < 1.29 is 14.0 Å². The fraction of sp³-hybridized carbons (Fsp3) is 0.118. The van der Waals surface area contributed by atoms with Gasteiger partial charge in [0, 0.05) is 36.7 Å². The van der Waals surface area contributed by atoms with Gasteiger partial charge in [-0.1, -0.05) is 0 Å². The van der Waals surface area contributed by atoms with Gasteiger partial charge >= 0.3 is 0 Å². The minimum atomic E-state index is -0.494. The van der Waals surface area contributed by atoms with Gasteiger partial charge in [0.05, 0.1) is 12.6 Å². The van der Waals surface area contributed by atoms with Gasteiger partial charge in [-0.3, -0.25) is 9.59 Å². The molecular formula is C17H17N5O3. The lowest BCUT2D eigenvalue weighted by molar-refractivity contribution is -0.117. The molecule has 2 amide bonds. The van der Waals surface area contributed by atoms with Crippen LogP contribution in [-0.2, 0) is 11.2 Å². The smallest absolute Gasteiger partial charge is 0.291 e. The van der Waals surface area contributed by atoms with E-state index >= 15 is 0 Å². The SMILES string of the molecule is O=C(NCCc1cnc[nH]1)/C(=C/c1ccc[nH]1)NC(=O)c1ccco1. The zero-order valence-electron chi connectivity index (χ0n) is 13.3. The predicted octanol–water partition coefficient (Wildman–Crippen LogP) is 1.46. The first-order valence-corrected chi connectivity index (χ1v) is 7.68. The number of aromatic amines is 2. The monoisotopic (exact) mass is 339 g/mol. The molecule has 0 aromatic carbocycles. The average molecular weight is 339 g/mol. The number of furan rings is 1. The third-order valence-corrected chi connectivity index (χ3v) is 3.39. The minimum absolute atomic E-state index is 0.119. The van der Waals surface area contributed by atoms with E-state index in [2.05, 4.69) is 25.6 Å². The number of rotatable bonds is 7. The second-order valence-electron chi connectivity index (χ2n) is 5.20. The summed E-state index contributed by atoms with van der Waals surface area (Å²) in [7, 11) is 0. The molecular weight excluding hydrogens is 322 g/mol. The molecule has 0 aliphatic heterocycles. The number of imidazole rings is 1. The molecule has 0 unspecified atom stereocenters. The first-order chi connectivity index (χ1) is 12.2. The van der Waals surface area contributed by atoms with Gasteiger partial charge < -0.3 is 25.0 Å². The summed E-state index contributed by atoms with van der Waals surface area (Å²) >= 11 is 0. The molecule has 3 heterocycles. The molecule has 0 saturated carbocycles. The van der Waals surface area contributed by atoms with Crippen LogP contribution in [0.1, 0.15) is 21.9 Å². The van der Waals surface area contributed by atoms with Crippen molar-refractivity contribution >= 4 is 17.9 Å². The molecule has 3 aromatic rings. The maximum Gasteiger partial charge on any atom is 0.291 e. The highest BCUT2D eigenvalue weighted by atomic mass is 16.3. The van der Waals surface area contributed by atoms with Crippen molar-refractivity contribution in [2.45, 2.75) is 6.42 Å². The van der Waals surface area contributed by atoms with Crippen molar-refractivity contribution in [2.24, 2.45) is 0 Å². The van der Waals surface area contributed by atoms with Gasteiger partial charge in [-0.15, -0.1) is 0 Å². The maximum absolute atomic E-state index is 12.4. The first kappa shape index (κ1) is 16.3. The number of aromatic nitrogens is 3. The number of nitrogens with zero attached hydrogens (tertiary/aromatic N) is 1. The van der Waals surface area contributed by atoms with E-state index in [9.17, 15) is 9.59 Å². The highest BCUT2D eigenvalue weighted by Gasteiger charge is 2.16. The molecule has 0 bridgehead atoms. The van der Waals surface area contributed by atoms with Crippen LogP contribution < -0.4 is 10.6 Å². The van der Waals surface area contributed by atoms with Crippen molar-refractivity contribution in [3.63, 3.8) is 0 Å². The molecule has 4 N–H and O–H groups in total. The largest absolute Gasteiger partial charge is 0.459 e. The molecule has 0 spiro atoms. The molecule has 0 fully saturated rings. The first-order valence-electron chi connectivity index (χ1n) is 7.68. The standard InChI is InChI=1S/C17H17N5O3/c23-16(20-7-5-13-10-18-11-21-13)14(9-12-3-1-6-19-12)22-17(24)15-4-2-8-25-15/h1-4,6,8-11,19H,5,7H2,(H,18,21)(H,20,23)(H,22,24)/b14-9-. The molecule has 0 aliphatic rings. The molecule has 8 nitrogen and oxygen atoms in total. The van der Waals surface area contributed by atoms with Crippen LogP contribution in [0.3, 0.4) is 0 Å². The molecule has 3 rings (SSSR count). The Labute approximate surface area is 143 Å². The Morgan fingerprint density at radius 2 is 2.16 bits per heavy atom. The van der Waals surface area contributed by atoms with Gasteiger partial charge in [-0.2, -0.15) is 0 Å². The topological polar surface area (TPSA) is 116 Å². The Morgan fingerprint density at radius 1 is 1.24 bits per heavy atom. The number of carbonyl (C=O) groups excluding carboxylic acids is 2. The Morgan fingerprint density at radius 3 is 2.84 bits per heavy atom. The number of hydrogen-bond donors (Lipinski definition) is 4. The number of nitrogens with one attached hydrogen (secondary N) is 4. The summed E-state index contributed by atoms with van der Waals surface area (Å²) in [5.74, 6) is -0.761. The van der Waals surface area contributed by atoms with E-state index in [1.54, 1.807) is 43.0 Å². The molecule has 0 atom stereocenters. The summed E-state index contributed by atoms with van der Waals surface area (Å²) in [5.41, 5.74) is 1.72. The molecule has 128 valence electrons. The highest BCUT2D eigenvalue weighted by Crippen LogP contribution is 2.06. The van der Waals surface area contributed by atoms with Gasteiger partial charge in [0.15, 0.2) is 5.76 Å². The second-order valence-corrected chi connectivity index (χ2v) is 5.20. The third-order valence-electron chi connectivity index (χ3n) is 3.39. The Kier molecular flexibility index (Phi) is 5.10. The van der Waals surface area contributed by atoms with E-state index in [0.717, 1.165) is 5.69 Å².